The van der Waals surface area contributed by atoms with Crippen LogP contribution in [0.15, 0.2) is 46.0 Å². The lowest BCUT2D eigenvalue weighted by molar-refractivity contribution is -0.258. The number of aliphatic hydroxyl groups is 1. The Labute approximate surface area is 206 Å². The van der Waals surface area contributed by atoms with Crippen LogP contribution in [-0.4, -0.2) is 86.7 Å². The number of halogens is 3. The summed E-state index contributed by atoms with van der Waals surface area (Å²) >= 11 is 1.14. The van der Waals surface area contributed by atoms with Gasteiger partial charge in [0, 0.05) is 45.0 Å². The molecule has 0 aliphatic carbocycles. The maximum absolute atomic E-state index is 13.2. The molecule has 0 spiro atoms. The summed E-state index contributed by atoms with van der Waals surface area (Å²) in [4.78, 5) is 15.8. The van der Waals surface area contributed by atoms with Crippen molar-refractivity contribution in [2.45, 2.75) is 29.0 Å². The molecule has 2 fully saturated rings. The highest BCUT2D eigenvalue weighted by Gasteiger charge is 2.51. The summed E-state index contributed by atoms with van der Waals surface area (Å²) in [6.45, 7) is 3.11. The van der Waals surface area contributed by atoms with Crippen LogP contribution in [0.25, 0.3) is 0 Å². The van der Waals surface area contributed by atoms with Gasteiger partial charge in [0.1, 0.15) is 4.21 Å². The first-order chi connectivity index (χ1) is 16.4. The van der Waals surface area contributed by atoms with Gasteiger partial charge in [-0.1, -0.05) is 18.2 Å². The number of thiophene rings is 1. The fraction of sp³-hybridized carbons (Fsp3) is 0.500. The molecule has 2 saturated heterocycles. The summed E-state index contributed by atoms with van der Waals surface area (Å²) in [5.41, 5.74) is -2.65. The molecule has 2 unspecified atom stereocenters. The normalized spacial score (nSPS) is 22.6. The van der Waals surface area contributed by atoms with Gasteiger partial charge in [-0.2, -0.15) is 17.5 Å². The Morgan fingerprint density at radius 2 is 1.86 bits per heavy atom. The first-order valence-corrected chi connectivity index (χ1v) is 13.4. The molecule has 2 N–H and O–H groups in total. The van der Waals surface area contributed by atoms with Crippen LogP contribution in [0.5, 0.6) is 0 Å². The van der Waals surface area contributed by atoms with Crippen LogP contribution in [0.4, 0.5) is 18.9 Å². The van der Waals surface area contributed by atoms with Crippen molar-refractivity contribution in [1.29, 1.82) is 0 Å². The van der Waals surface area contributed by atoms with Gasteiger partial charge in [-0.15, -0.1) is 11.3 Å². The second-order valence-corrected chi connectivity index (χ2v) is 12.0. The Bertz CT molecular complexity index is 1140. The van der Waals surface area contributed by atoms with Gasteiger partial charge < -0.3 is 15.3 Å². The van der Waals surface area contributed by atoms with E-state index in [-0.39, 0.29) is 41.4 Å². The van der Waals surface area contributed by atoms with Gasteiger partial charge in [-0.05, 0) is 36.1 Å². The lowest BCUT2D eigenvalue weighted by atomic mass is 9.95. The number of nitrogens with one attached hydrogen (secondary N) is 1. The van der Waals surface area contributed by atoms with Crippen molar-refractivity contribution < 1.29 is 31.5 Å². The Hall–Kier alpha value is -2.19. The zero-order chi connectivity index (χ0) is 25.4. The molecule has 4 rings (SSSR count). The Balaban J connectivity index is 1.59. The van der Waals surface area contributed by atoms with Gasteiger partial charge in [-0.3, -0.25) is 9.69 Å². The number of benzene rings is 1. The highest BCUT2D eigenvalue weighted by Crippen LogP contribution is 2.39. The molecule has 2 atom stereocenters. The molecule has 2 aliphatic heterocycles. The Morgan fingerprint density at radius 3 is 2.46 bits per heavy atom. The summed E-state index contributed by atoms with van der Waals surface area (Å²) < 4.78 is 67.7. The first-order valence-electron chi connectivity index (χ1n) is 11.1. The number of amides is 1. The summed E-state index contributed by atoms with van der Waals surface area (Å²) in [5.74, 6) is -0.111. The fourth-order valence-electron chi connectivity index (χ4n) is 4.37. The van der Waals surface area contributed by atoms with E-state index in [1.165, 1.54) is 28.6 Å². The lowest BCUT2D eigenvalue weighted by Gasteiger charge is -2.44. The van der Waals surface area contributed by atoms with Crippen molar-refractivity contribution in [1.82, 2.24) is 14.5 Å². The van der Waals surface area contributed by atoms with Crippen LogP contribution in [0, 0.1) is 0 Å². The van der Waals surface area contributed by atoms with Crippen LogP contribution < -0.4 is 10.2 Å². The second-order valence-electron chi connectivity index (χ2n) is 8.84. The zero-order valence-corrected chi connectivity index (χ0v) is 20.7. The molecule has 0 saturated carbocycles. The van der Waals surface area contributed by atoms with E-state index in [1.807, 2.05) is 9.80 Å². The van der Waals surface area contributed by atoms with Crippen molar-refractivity contribution in [2.24, 2.45) is 0 Å². The van der Waals surface area contributed by atoms with Crippen molar-refractivity contribution >= 4 is 33.0 Å². The van der Waals surface area contributed by atoms with Crippen molar-refractivity contribution in [3.05, 3.63) is 47.3 Å². The highest BCUT2D eigenvalue weighted by molar-refractivity contribution is 7.91. The number of rotatable bonds is 6. The van der Waals surface area contributed by atoms with Gasteiger partial charge in [0.15, 0.2) is 5.60 Å². The minimum absolute atomic E-state index is 0.111. The number of carbonyl (C=O) groups is 1. The molecular weight excluding hydrogens is 505 g/mol. The van der Waals surface area contributed by atoms with Crippen LogP contribution in [0.2, 0.25) is 0 Å². The third-order valence-corrected chi connectivity index (χ3v) is 9.67. The van der Waals surface area contributed by atoms with Gasteiger partial charge in [0.2, 0.25) is 5.91 Å². The molecule has 1 amide bonds. The SMILES string of the molecule is CC(O)(c1ccc(N2CCN(S(=O)(=O)c3cccs3)CC2CN2CCNC(=O)C2)cc1)C(F)(F)F. The Kier molecular flexibility index (Phi) is 7.17. The molecule has 1 aromatic carbocycles. The number of hydrogen-bond donors (Lipinski definition) is 2. The standard InChI is InChI=1S/C22H27F3N4O4S2/c1-21(31,22(23,24)25)16-4-6-17(7-5-16)29-11-10-28(35(32,33)20-3-2-12-34-20)14-18(29)13-27-9-8-26-19(30)15-27/h2-7,12,18,31H,8-11,13-15H2,1H3,(H,26,30). The van der Waals surface area contributed by atoms with Crippen LogP contribution in [0.1, 0.15) is 12.5 Å². The number of alkyl halides is 3. The number of anilines is 1. The molecule has 0 radical (unpaired) electrons. The lowest BCUT2D eigenvalue weighted by Crippen LogP contribution is -2.60. The molecule has 3 heterocycles. The summed E-state index contributed by atoms with van der Waals surface area (Å²) in [6, 6.07) is 8.39. The van der Waals surface area contributed by atoms with Crippen LogP contribution in [0.3, 0.4) is 0 Å². The third-order valence-electron chi connectivity index (χ3n) is 6.43. The summed E-state index contributed by atoms with van der Waals surface area (Å²) in [6.07, 6.45) is -4.83. The second kappa shape index (κ2) is 9.69. The van der Waals surface area contributed by atoms with Crippen molar-refractivity contribution in [3.8, 4) is 0 Å². The average molecular weight is 533 g/mol. The predicted octanol–water partition coefficient (Wildman–Crippen LogP) is 1.83. The fourth-order valence-corrected chi connectivity index (χ4v) is 6.98. The molecule has 2 aromatic rings. The van der Waals surface area contributed by atoms with Gasteiger partial charge >= 0.3 is 6.18 Å². The van der Waals surface area contributed by atoms with E-state index in [0.717, 1.165) is 11.3 Å². The molecule has 192 valence electrons. The molecule has 1 aromatic heterocycles. The topological polar surface area (TPSA) is 93.2 Å². The number of piperazine rings is 2. The van der Waals surface area contributed by atoms with E-state index in [4.69, 9.17) is 0 Å². The molecule has 13 heteroatoms. The number of hydrogen-bond acceptors (Lipinski definition) is 7. The molecular formula is C22H27F3N4O4S2. The van der Waals surface area contributed by atoms with Gasteiger partial charge in [-0.25, -0.2) is 8.42 Å². The van der Waals surface area contributed by atoms with Crippen LogP contribution >= 0.6 is 11.3 Å². The molecule has 2 aliphatic rings. The quantitative estimate of drug-likeness (QED) is 0.590. The van der Waals surface area contributed by atoms with Crippen molar-refractivity contribution in [3.63, 3.8) is 0 Å². The van der Waals surface area contributed by atoms with E-state index in [1.54, 1.807) is 17.5 Å². The molecule has 8 nitrogen and oxygen atoms in total. The van der Waals surface area contributed by atoms with Crippen molar-refractivity contribution in [2.75, 3.05) is 50.7 Å². The monoisotopic (exact) mass is 532 g/mol. The highest BCUT2D eigenvalue weighted by atomic mass is 32.2. The summed E-state index contributed by atoms with van der Waals surface area (Å²) in [5, 5.41) is 14.4. The predicted molar refractivity (Wildman–Crippen MR) is 126 cm³/mol. The Morgan fingerprint density at radius 1 is 1.14 bits per heavy atom. The van der Waals surface area contributed by atoms with Gasteiger partial charge in [0.05, 0.1) is 12.6 Å². The van der Waals surface area contributed by atoms with E-state index < -0.39 is 21.8 Å². The summed E-state index contributed by atoms with van der Waals surface area (Å²) in [7, 11) is -3.68. The number of sulfonamides is 1. The number of carbonyl (C=O) groups excluding carboxylic acids is 1. The zero-order valence-electron chi connectivity index (χ0n) is 19.0. The smallest absolute Gasteiger partial charge is 0.376 e. The average Bonchev–Trinajstić information content (AvgIpc) is 3.34. The van der Waals surface area contributed by atoms with E-state index >= 15 is 0 Å². The number of nitrogens with zero attached hydrogens (tertiary/aromatic N) is 3. The largest absolute Gasteiger partial charge is 0.421 e. The van der Waals surface area contributed by atoms with Gasteiger partial charge in [0.25, 0.3) is 10.0 Å². The van der Waals surface area contributed by atoms with E-state index in [0.29, 0.717) is 38.8 Å². The molecule has 35 heavy (non-hydrogen) atoms. The maximum Gasteiger partial charge on any atom is 0.421 e. The van der Waals surface area contributed by atoms with Crippen LogP contribution in [-0.2, 0) is 20.4 Å². The maximum atomic E-state index is 13.2. The van der Waals surface area contributed by atoms with E-state index in [2.05, 4.69) is 5.32 Å². The van der Waals surface area contributed by atoms with E-state index in [9.17, 15) is 31.5 Å². The third kappa shape index (κ3) is 5.33. The molecule has 0 bridgehead atoms. The first kappa shape index (κ1) is 25.9. The minimum atomic E-state index is -4.83. The minimum Gasteiger partial charge on any atom is -0.376 e.